The number of nitrogens with one attached hydrogen (secondary N) is 1. The summed E-state index contributed by atoms with van der Waals surface area (Å²) >= 11 is 3.44. The molecule has 0 aliphatic rings. The molecule has 1 aromatic heterocycles. The molecule has 0 unspecified atom stereocenters. The number of aryl methyl sites for hydroxylation is 1. The predicted molar refractivity (Wildman–Crippen MR) is 67.8 cm³/mol. The first-order chi connectivity index (χ1) is 8.11. The van der Waals surface area contributed by atoms with E-state index in [2.05, 4.69) is 30.9 Å². The Kier molecular flexibility index (Phi) is 3.28. The average molecular weight is 295 g/mol. The molecule has 5 heteroatoms. The second-order valence-corrected chi connectivity index (χ2v) is 4.48. The lowest BCUT2D eigenvalue weighted by Crippen LogP contribution is -2.00. The Bertz CT molecular complexity index is 563. The van der Waals surface area contributed by atoms with Crippen LogP contribution in [-0.2, 0) is 4.74 Å². The summed E-state index contributed by atoms with van der Waals surface area (Å²) in [6.45, 7) is 2.00. The molecule has 1 N–H and O–H groups in total. The van der Waals surface area contributed by atoms with Crippen molar-refractivity contribution in [3.8, 4) is 11.3 Å². The largest absolute Gasteiger partial charge is 0.464 e. The third-order valence-electron chi connectivity index (χ3n) is 2.44. The van der Waals surface area contributed by atoms with Crippen LogP contribution in [-0.4, -0.2) is 23.3 Å². The fourth-order valence-electron chi connectivity index (χ4n) is 1.49. The smallest absolute Gasteiger partial charge is 0.356 e. The number of H-pyrrole nitrogens is 1. The van der Waals surface area contributed by atoms with Crippen LogP contribution in [0.4, 0.5) is 0 Å². The number of methoxy groups -OCH3 is 1. The molecule has 1 aromatic carbocycles. The van der Waals surface area contributed by atoms with E-state index >= 15 is 0 Å². The third-order valence-corrected chi connectivity index (χ3v) is 3.33. The molecule has 4 nitrogen and oxygen atoms in total. The van der Waals surface area contributed by atoms with Crippen LogP contribution < -0.4 is 0 Å². The minimum atomic E-state index is -0.419. The van der Waals surface area contributed by atoms with E-state index < -0.39 is 5.97 Å². The van der Waals surface area contributed by atoms with E-state index in [1.807, 2.05) is 25.1 Å². The van der Waals surface area contributed by atoms with Gasteiger partial charge in [-0.25, -0.2) is 4.79 Å². The van der Waals surface area contributed by atoms with E-state index in [0.29, 0.717) is 5.69 Å². The van der Waals surface area contributed by atoms with Gasteiger partial charge in [0.15, 0.2) is 0 Å². The summed E-state index contributed by atoms with van der Waals surface area (Å²) in [5.74, 6) is -0.419. The van der Waals surface area contributed by atoms with Crippen molar-refractivity contribution in [2.75, 3.05) is 7.11 Å². The number of hydrogen-bond acceptors (Lipinski definition) is 3. The molecule has 0 radical (unpaired) electrons. The maximum Gasteiger partial charge on any atom is 0.356 e. The lowest BCUT2D eigenvalue weighted by Gasteiger charge is -2.00. The maximum absolute atomic E-state index is 11.3. The SMILES string of the molecule is COC(=O)c1cc(-c2ccc(Br)c(C)c2)n[nH]1. The van der Waals surface area contributed by atoms with Gasteiger partial charge in [0.05, 0.1) is 12.8 Å². The Morgan fingerprint density at radius 3 is 2.82 bits per heavy atom. The van der Waals surface area contributed by atoms with E-state index in [0.717, 1.165) is 21.3 Å². The van der Waals surface area contributed by atoms with E-state index in [-0.39, 0.29) is 0 Å². The summed E-state index contributed by atoms with van der Waals surface area (Å²) in [4.78, 5) is 11.3. The highest BCUT2D eigenvalue weighted by atomic mass is 79.9. The predicted octanol–water partition coefficient (Wildman–Crippen LogP) is 2.93. The first-order valence-electron chi connectivity index (χ1n) is 5.02. The minimum Gasteiger partial charge on any atom is -0.464 e. The summed E-state index contributed by atoms with van der Waals surface area (Å²) in [7, 11) is 1.34. The first-order valence-corrected chi connectivity index (χ1v) is 5.81. The lowest BCUT2D eigenvalue weighted by molar-refractivity contribution is 0.0594. The molecule has 1 heterocycles. The Labute approximate surface area is 107 Å². The van der Waals surface area contributed by atoms with Gasteiger partial charge < -0.3 is 4.74 Å². The zero-order valence-electron chi connectivity index (χ0n) is 9.45. The molecule has 17 heavy (non-hydrogen) atoms. The number of benzene rings is 1. The van der Waals surface area contributed by atoms with E-state index in [1.165, 1.54) is 7.11 Å². The third kappa shape index (κ3) is 2.39. The molecule has 88 valence electrons. The van der Waals surface area contributed by atoms with Gasteiger partial charge in [0.1, 0.15) is 5.69 Å². The summed E-state index contributed by atoms with van der Waals surface area (Å²) < 4.78 is 5.66. The zero-order valence-corrected chi connectivity index (χ0v) is 11.0. The van der Waals surface area contributed by atoms with Gasteiger partial charge in [-0.2, -0.15) is 5.10 Å². The molecule has 0 amide bonds. The highest BCUT2D eigenvalue weighted by molar-refractivity contribution is 9.10. The molecule has 2 aromatic rings. The van der Waals surface area contributed by atoms with Crippen molar-refractivity contribution >= 4 is 21.9 Å². The summed E-state index contributed by atoms with van der Waals surface area (Å²) in [5.41, 5.74) is 3.14. The molecule has 0 aliphatic carbocycles. The molecular formula is C12H11BrN2O2. The van der Waals surface area contributed by atoms with Crippen molar-refractivity contribution < 1.29 is 9.53 Å². The minimum absolute atomic E-state index is 0.350. The standard InChI is InChI=1S/C12H11BrN2O2/c1-7-5-8(3-4-9(7)13)10-6-11(15-14-10)12(16)17-2/h3-6H,1-2H3,(H,14,15). The second kappa shape index (κ2) is 4.71. The van der Waals surface area contributed by atoms with Crippen molar-refractivity contribution in [2.24, 2.45) is 0 Å². The van der Waals surface area contributed by atoms with Gasteiger partial charge in [-0.05, 0) is 30.7 Å². The van der Waals surface area contributed by atoms with E-state index in [9.17, 15) is 4.79 Å². The van der Waals surface area contributed by atoms with Crippen LogP contribution >= 0.6 is 15.9 Å². The average Bonchev–Trinajstić information content (AvgIpc) is 2.81. The quantitative estimate of drug-likeness (QED) is 0.867. The normalized spacial score (nSPS) is 10.3. The number of aromatic nitrogens is 2. The Morgan fingerprint density at radius 2 is 2.18 bits per heavy atom. The molecule has 0 bridgehead atoms. The van der Waals surface area contributed by atoms with Crippen molar-refractivity contribution in [3.63, 3.8) is 0 Å². The van der Waals surface area contributed by atoms with Crippen molar-refractivity contribution in [3.05, 3.63) is 40.0 Å². The molecule has 0 atom stereocenters. The number of carbonyl (C=O) groups excluding carboxylic acids is 1. The number of carbonyl (C=O) groups is 1. The van der Waals surface area contributed by atoms with Gasteiger partial charge in [0.25, 0.3) is 0 Å². The van der Waals surface area contributed by atoms with Crippen LogP contribution in [0.3, 0.4) is 0 Å². The van der Waals surface area contributed by atoms with E-state index in [4.69, 9.17) is 0 Å². The molecule has 0 aliphatic heterocycles. The highest BCUT2D eigenvalue weighted by Crippen LogP contribution is 2.24. The van der Waals surface area contributed by atoms with Gasteiger partial charge in [0, 0.05) is 10.0 Å². The number of nitrogens with zero attached hydrogens (tertiary/aromatic N) is 1. The van der Waals surface area contributed by atoms with Crippen molar-refractivity contribution in [1.29, 1.82) is 0 Å². The van der Waals surface area contributed by atoms with Gasteiger partial charge in [-0.3, -0.25) is 5.10 Å². The highest BCUT2D eigenvalue weighted by Gasteiger charge is 2.11. The van der Waals surface area contributed by atoms with Crippen LogP contribution in [0.5, 0.6) is 0 Å². The van der Waals surface area contributed by atoms with Crippen LogP contribution in [0.15, 0.2) is 28.7 Å². The Hall–Kier alpha value is -1.62. The molecule has 0 fully saturated rings. The van der Waals surface area contributed by atoms with Crippen LogP contribution in [0, 0.1) is 6.92 Å². The molecular weight excluding hydrogens is 284 g/mol. The molecule has 0 saturated carbocycles. The van der Waals surface area contributed by atoms with Gasteiger partial charge in [0.2, 0.25) is 0 Å². The van der Waals surface area contributed by atoms with Crippen LogP contribution in [0.1, 0.15) is 16.1 Å². The number of esters is 1. The number of aromatic amines is 1. The second-order valence-electron chi connectivity index (χ2n) is 3.62. The number of hydrogen-bond donors (Lipinski definition) is 1. The number of rotatable bonds is 2. The fourth-order valence-corrected chi connectivity index (χ4v) is 1.73. The van der Waals surface area contributed by atoms with Crippen molar-refractivity contribution in [1.82, 2.24) is 10.2 Å². The monoisotopic (exact) mass is 294 g/mol. The van der Waals surface area contributed by atoms with Crippen LogP contribution in [0.2, 0.25) is 0 Å². The molecule has 2 rings (SSSR count). The Morgan fingerprint density at radius 1 is 1.41 bits per heavy atom. The van der Waals surface area contributed by atoms with Gasteiger partial charge in [-0.15, -0.1) is 0 Å². The van der Waals surface area contributed by atoms with Gasteiger partial charge >= 0.3 is 5.97 Å². The summed E-state index contributed by atoms with van der Waals surface area (Å²) in [6.07, 6.45) is 0. The Balaban J connectivity index is 2.37. The van der Waals surface area contributed by atoms with E-state index in [1.54, 1.807) is 6.07 Å². The van der Waals surface area contributed by atoms with Crippen LogP contribution in [0.25, 0.3) is 11.3 Å². The lowest BCUT2D eigenvalue weighted by atomic mass is 10.1. The molecule has 0 spiro atoms. The summed E-state index contributed by atoms with van der Waals surface area (Å²) in [6, 6.07) is 7.57. The van der Waals surface area contributed by atoms with Gasteiger partial charge in [-0.1, -0.05) is 22.0 Å². The number of halogens is 1. The maximum atomic E-state index is 11.3. The summed E-state index contributed by atoms with van der Waals surface area (Å²) in [5, 5.41) is 6.74. The zero-order chi connectivity index (χ0) is 12.4. The van der Waals surface area contributed by atoms with Crippen molar-refractivity contribution in [2.45, 2.75) is 6.92 Å². The fraction of sp³-hybridized carbons (Fsp3) is 0.167. The first kappa shape index (κ1) is 11.9. The molecule has 0 saturated heterocycles. The topological polar surface area (TPSA) is 55.0 Å². The number of ether oxygens (including phenoxy) is 1.